The van der Waals surface area contributed by atoms with Crippen LogP contribution in [0.1, 0.15) is 36.6 Å². The summed E-state index contributed by atoms with van der Waals surface area (Å²) >= 11 is 0. The Hall–Kier alpha value is -3.54. The Morgan fingerprint density at radius 3 is 2.26 bits per heavy atom. The van der Waals surface area contributed by atoms with Gasteiger partial charge in [-0.25, -0.2) is 4.68 Å². The Morgan fingerprint density at radius 1 is 0.968 bits per heavy atom. The van der Waals surface area contributed by atoms with Gasteiger partial charge in [-0.05, 0) is 64.6 Å². The second-order valence-electron chi connectivity index (χ2n) is 8.31. The van der Waals surface area contributed by atoms with E-state index in [2.05, 4.69) is 76.0 Å². The predicted molar refractivity (Wildman–Crippen MR) is 118 cm³/mol. The lowest BCUT2D eigenvalue weighted by Gasteiger charge is -2.31. The first-order valence-electron chi connectivity index (χ1n) is 10.6. The Labute approximate surface area is 181 Å². The van der Waals surface area contributed by atoms with Crippen LogP contribution < -0.4 is 4.74 Å². The predicted octanol–water partition coefficient (Wildman–Crippen LogP) is 4.57. The molecule has 2 aromatic heterocycles. The van der Waals surface area contributed by atoms with E-state index in [1.54, 1.807) is 10.9 Å². The van der Waals surface area contributed by atoms with Crippen molar-refractivity contribution in [1.29, 1.82) is 0 Å². The molecule has 1 saturated carbocycles. The van der Waals surface area contributed by atoms with E-state index in [-0.39, 0.29) is 5.41 Å². The maximum absolute atomic E-state index is 5.93. The molecule has 1 aliphatic carbocycles. The van der Waals surface area contributed by atoms with Crippen LogP contribution in [0.2, 0.25) is 0 Å². The summed E-state index contributed by atoms with van der Waals surface area (Å²) in [6.07, 6.45) is 4.29. The molecule has 0 bridgehead atoms. The number of aromatic nitrogens is 5. The van der Waals surface area contributed by atoms with Gasteiger partial charge in [0.15, 0.2) is 5.82 Å². The maximum atomic E-state index is 5.93. The number of hydrogen-bond acceptors (Lipinski definition) is 5. The largest absolute Gasteiger partial charge is 0.487 e. The summed E-state index contributed by atoms with van der Waals surface area (Å²) in [5, 5.41) is 11.8. The van der Waals surface area contributed by atoms with Crippen molar-refractivity contribution in [3.8, 4) is 17.1 Å². The smallest absolute Gasteiger partial charge is 0.181 e. The molecule has 0 amide bonds. The van der Waals surface area contributed by atoms with Crippen LogP contribution in [0.5, 0.6) is 5.75 Å². The first-order valence-corrected chi connectivity index (χ1v) is 10.6. The molecule has 1 atom stereocenters. The monoisotopic (exact) mass is 411 g/mol. The molecule has 0 N–H and O–H groups in total. The third-order valence-electron chi connectivity index (χ3n) is 6.32. The minimum absolute atomic E-state index is 0.0316. The number of hydrogen-bond donors (Lipinski definition) is 0. The number of benzene rings is 2. The minimum Gasteiger partial charge on any atom is -0.487 e. The average Bonchev–Trinajstić information content (AvgIpc) is 3.60. The van der Waals surface area contributed by atoms with Crippen LogP contribution in [-0.2, 0) is 19.1 Å². The van der Waals surface area contributed by atoms with Crippen LogP contribution >= 0.6 is 0 Å². The number of tetrazole rings is 1. The summed E-state index contributed by atoms with van der Waals surface area (Å²) in [5.74, 6) is 2.28. The lowest BCUT2D eigenvalue weighted by molar-refractivity contribution is 0.301. The molecule has 2 aromatic carbocycles. The number of pyridine rings is 1. The Bertz CT molecular complexity index is 1150. The van der Waals surface area contributed by atoms with Crippen LogP contribution in [0.3, 0.4) is 0 Å². The Morgan fingerprint density at radius 2 is 1.68 bits per heavy atom. The van der Waals surface area contributed by atoms with Crippen LogP contribution in [0.15, 0.2) is 72.9 Å². The summed E-state index contributed by atoms with van der Waals surface area (Å²) in [6.45, 7) is 2.83. The fraction of sp³-hybridized carbons (Fsp3) is 0.280. The van der Waals surface area contributed by atoms with Gasteiger partial charge in [-0.1, -0.05) is 49.4 Å². The van der Waals surface area contributed by atoms with Gasteiger partial charge in [-0.3, -0.25) is 4.98 Å². The molecule has 0 spiro atoms. The number of rotatable bonds is 7. The molecular formula is C25H25N5O. The van der Waals surface area contributed by atoms with Crippen LogP contribution in [0.4, 0.5) is 0 Å². The highest BCUT2D eigenvalue weighted by molar-refractivity contribution is 5.56. The second-order valence-corrected chi connectivity index (χ2v) is 8.31. The van der Waals surface area contributed by atoms with E-state index in [4.69, 9.17) is 4.74 Å². The molecule has 5 rings (SSSR count). The van der Waals surface area contributed by atoms with Gasteiger partial charge >= 0.3 is 0 Å². The van der Waals surface area contributed by atoms with Gasteiger partial charge in [0.2, 0.25) is 0 Å². The molecule has 6 nitrogen and oxygen atoms in total. The highest BCUT2D eigenvalue weighted by atomic mass is 16.5. The zero-order valence-electron chi connectivity index (χ0n) is 17.8. The molecule has 1 unspecified atom stereocenters. The van der Waals surface area contributed by atoms with Crippen molar-refractivity contribution in [3.63, 3.8) is 0 Å². The zero-order valence-corrected chi connectivity index (χ0v) is 17.8. The summed E-state index contributed by atoms with van der Waals surface area (Å²) in [6, 6.07) is 23.1. The van der Waals surface area contributed by atoms with Gasteiger partial charge in [-0.2, -0.15) is 0 Å². The van der Waals surface area contributed by atoms with E-state index >= 15 is 0 Å². The van der Waals surface area contributed by atoms with Crippen molar-refractivity contribution >= 4 is 0 Å². The molecule has 0 saturated heterocycles. The summed E-state index contributed by atoms with van der Waals surface area (Å²) in [7, 11) is 1.86. The van der Waals surface area contributed by atoms with Gasteiger partial charge in [0.05, 0.1) is 5.69 Å². The molecule has 2 heterocycles. The first kappa shape index (κ1) is 19.4. The van der Waals surface area contributed by atoms with Crippen molar-refractivity contribution in [2.24, 2.45) is 13.0 Å². The zero-order chi connectivity index (χ0) is 21.3. The molecular weight excluding hydrogens is 386 g/mol. The highest BCUT2D eigenvalue weighted by Gasteiger charge is 2.43. The maximum Gasteiger partial charge on any atom is 0.181 e. The van der Waals surface area contributed by atoms with Gasteiger partial charge in [0, 0.05) is 24.2 Å². The van der Waals surface area contributed by atoms with E-state index in [0.29, 0.717) is 12.5 Å². The molecule has 156 valence electrons. The number of ether oxygens (including phenoxy) is 1. The van der Waals surface area contributed by atoms with E-state index in [0.717, 1.165) is 22.8 Å². The lowest BCUT2D eigenvalue weighted by atomic mass is 9.72. The normalized spacial score (nSPS) is 15.4. The summed E-state index contributed by atoms with van der Waals surface area (Å²) in [5.41, 5.74) is 4.54. The van der Waals surface area contributed by atoms with Crippen molar-refractivity contribution in [1.82, 2.24) is 25.2 Å². The summed E-state index contributed by atoms with van der Waals surface area (Å²) < 4.78 is 7.62. The van der Waals surface area contributed by atoms with Crippen molar-refractivity contribution in [2.75, 3.05) is 0 Å². The van der Waals surface area contributed by atoms with Gasteiger partial charge in [0.25, 0.3) is 0 Å². The topological polar surface area (TPSA) is 65.7 Å². The Kier molecular flexibility index (Phi) is 4.98. The SMILES string of the molecule is Cn1nnnc1-c1ccc(C(C)(c2ccc(OCc3ccccn3)cc2)C2CC2)cc1. The third kappa shape index (κ3) is 3.81. The fourth-order valence-corrected chi connectivity index (χ4v) is 4.28. The van der Waals surface area contributed by atoms with Crippen molar-refractivity contribution in [2.45, 2.75) is 31.8 Å². The van der Waals surface area contributed by atoms with Crippen LogP contribution in [0.25, 0.3) is 11.4 Å². The molecule has 31 heavy (non-hydrogen) atoms. The molecule has 6 heteroatoms. The molecule has 0 aliphatic heterocycles. The first-order chi connectivity index (χ1) is 15.1. The second kappa shape index (κ2) is 7.95. The third-order valence-corrected chi connectivity index (χ3v) is 6.32. The standard InChI is InChI=1S/C25H25N5O/c1-25(20-10-11-20,19-8-6-18(7-9-19)24-27-28-29-30(24)2)21-12-14-23(15-13-21)31-17-22-5-3-4-16-26-22/h3-9,12-16,20H,10-11,17H2,1-2H3. The van der Waals surface area contributed by atoms with E-state index < -0.39 is 0 Å². The lowest BCUT2D eigenvalue weighted by Crippen LogP contribution is -2.26. The van der Waals surface area contributed by atoms with E-state index in [1.807, 2.05) is 25.2 Å². The van der Waals surface area contributed by atoms with Crippen molar-refractivity contribution in [3.05, 3.63) is 89.7 Å². The number of aryl methyl sites for hydroxylation is 1. The number of nitrogens with zero attached hydrogens (tertiary/aromatic N) is 5. The Balaban J connectivity index is 1.38. The van der Waals surface area contributed by atoms with Gasteiger partial charge in [0.1, 0.15) is 12.4 Å². The minimum atomic E-state index is -0.0316. The van der Waals surface area contributed by atoms with Gasteiger partial charge < -0.3 is 4.74 Å². The average molecular weight is 412 g/mol. The summed E-state index contributed by atoms with van der Waals surface area (Å²) in [4.78, 5) is 4.31. The van der Waals surface area contributed by atoms with Crippen LogP contribution in [0, 0.1) is 5.92 Å². The van der Waals surface area contributed by atoms with E-state index in [9.17, 15) is 0 Å². The van der Waals surface area contributed by atoms with E-state index in [1.165, 1.54) is 24.0 Å². The van der Waals surface area contributed by atoms with Gasteiger partial charge in [-0.15, -0.1) is 5.10 Å². The molecule has 0 radical (unpaired) electrons. The van der Waals surface area contributed by atoms with Crippen molar-refractivity contribution < 1.29 is 4.74 Å². The fourth-order valence-electron chi connectivity index (χ4n) is 4.28. The van der Waals surface area contributed by atoms with Crippen LogP contribution in [-0.4, -0.2) is 25.2 Å². The molecule has 1 fully saturated rings. The molecule has 4 aromatic rings. The highest BCUT2D eigenvalue weighted by Crippen LogP contribution is 2.51. The quantitative estimate of drug-likeness (QED) is 0.446. The molecule has 1 aliphatic rings.